The molecule has 1 amide bonds. The third-order valence-corrected chi connectivity index (χ3v) is 3.39. The van der Waals surface area contributed by atoms with Gasteiger partial charge in [-0.1, -0.05) is 48.5 Å². The van der Waals surface area contributed by atoms with Crippen LogP contribution in [0, 0.1) is 6.92 Å². The first kappa shape index (κ1) is 13.2. The van der Waals surface area contributed by atoms with Crippen LogP contribution in [-0.2, 0) is 11.2 Å². The van der Waals surface area contributed by atoms with E-state index < -0.39 is 0 Å². The average molecular weight is 277 g/mol. The van der Waals surface area contributed by atoms with Crippen LogP contribution in [0.3, 0.4) is 0 Å². The van der Waals surface area contributed by atoms with E-state index >= 15 is 0 Å². The number of benzene rings is 2. The maximum absolute atomic E-state index is 12.1. The minimum absolute atomic E-state index is 0.0930. The summed E-state index contributed by atoms with van der Waals surface area (Å²) < 4.78 is 0. The van der Waals surface area contributed by atoms with E-state index in [4.69, 9.17) is 0 Å². The topological polar surface area (TPSA) is 54.9 Å². The molecule has 1 heterocycles. The summed E-state index contributed by atoms with van der Waals surface area (Å²) in [6, 6.07) is 15.5. The first-order valence-electron chi connectivity index (χ1n) is 6.79. The van der Waals surface area contributed by atoms with Gasteiger partial charge in [-0.3, -0.25) is 4.79 Å². The standard InChI is InChI=1S/C17H15N3O/c1-12-6-5-9-14-15(12)11-18-20-17(14)19-16(21)10-13-7-3-2-4-8-13/h2-9,11H,10H2,1H3,(H,19,20,21). The second kappa shape index (κ2) is 5.71. The largest absolute Gasteiger partial charge is 0.308 e. The van der Waals surface area contributed by atoms with Crippen LogP contribution < -0.4 is 5.32 Å². The fourth-order valence-corrected chi connectivity index (χ4v) is 2.31. The molecule has 21 heavy (non-hydrogen) atoms. The molecule has 0 saturated carbocycles. The molecule has 0 radical (unpaired) electrons. The molecular formula is C17H15N3O. The number of hydrogen-bond donors (Lipinski definition) is 1. The Morgan fingerprint density at radius 2 is 1.86 bits per heavy atom. The Morgan fingerprint density at radius 1 is 1.05 bits per heavy atom. The molecule has 0 aliphatic heterocycles. The molecule has 0 bridgehead atoms. The molecule has 1 aromatic heterocycles. The van der Waals surface area contributed by atoms with Crippen molar-refractivity contribution in [2.45, 2.75) is 13.3 Å². The number of nitrogens with one attached hydrogen (secondary N) is 1. The van der Waals surface area contributed by atoms with E-state index in [1.165, 1.54) is 0 Å². The number of nitrogens with zero attached hydrogens (tertiary/aromatic N) is 2. The Kier molecular flexibility index (Phi) is 3.60. The van der Waals surface area contributed by atoms with Crippen molar-refractivity contribution in [1.82, 2.24) is 10.2 Å². The number of fused-ring (bicyclic) bond motifs is 1. The van der Waals surface area contributed by atoms with Gasteiger partial charge in [0, 0.05) is 10.8 Å². The highest BCUT2D eigenvalue weighted by atomic mass is 16.1. The van der Waals surface area contributed by atoms with Crippen LogP contribution in [0.4, 0.5) is 5.82 Å². The smallest absolute Gasteiger partial charge is 0.230 e. The lowest BCUT2D eigenvalue weighted by molar-refractivity contribution is -0.115. The minimum Gasteiger partial charge on any atom is -0.308 e. The molecule has 4 heteroatoms. The molecule has 0 atom stereocenters. The maximum atomic E-state index is 12.1. The third-order valence-electron chi connectivity index (χ3n) is 3.39. The lowest BCUT2D eigenvalue weighted by Gasteiger charge is -2.08. The molecule has 0 spiro atoms. The van der Waals surface area contributed by atoms with Crippen LogP contribution in [0.1, 0.15) is 11.1 Å². The number of rotatable bonds is 3. The van der Waals surface area contributed by atoms with Crippen molar-refractivity contribution in [2.75, 3.05) is 5.32 Å². The molecule has 2 aromatic carbocycles. The molecule has 0 fully saturated rings. The Labute approximate surface area is 122 Å². The summed E-state index contributed by atoms with van der Waals surface area (Å²) in [5.41, 5.74) is 2.08. The number of aromatic nitrogens is 2. The summed E-state index contributed by atoms with van der Waals surface area (Å²) in [7, 11) is 0. The summed E-state index contributed by atoms with van der Waals surface area (Å²) in [6.07, 6.45) is 2.04. The van der Waals surface area contributed by atoms with Crippen LogP contribution in [0.25, 0.3) is 10.8 Å². The SMILES string of the molecule is Cc1cccc2c(NC(=O)Cc3ccccc3)nncc12. The Hall–Kier alpha value is -2.75. The van der Waals surface area contributed by atoms with Crippen molar-refractivity contribution < 1.29 is 4.79 Å². The average Bonchev–Trinajstić information content (AvgIpc) is 2.49. The van der Waals surface area contributed by atoms with Crippen molar-refractivity contribution in [1.29, 1.82) is 0 Å². The van der Waals surface area contributed by atoms with Crippen molar-refractivity contribution >= 4 is 22.5 Å². The molecule has 0 aliphatic rings. The van der Waals surface area contributed by atoms with Gasteiger partial charge in [0.15, 0.2) is 5.82 Å². The van der Waals surface area contributed by atoms with E-state index in [0.717, 1.165) is 21.9 Å². The van der Waals surface area contributed by atoms with E-state index in [1.807, 2.05) is 55.5 Å². The first-order chi connectivity index (χ1) is 10.2. The van der Waals surface area contributed by atoms with Crippen LogP contribution in [0.15, 0.2) is 54.7 Å². The lowest BCUT2D eigenvalue weighted by atomic mass is 10.1. The van der Waals surface area contributed by atoms with E-state index in [-0.39, 0.29) is 5.91 Å². The van der Waals surface area contributed by atoms with Crippen molar-refractivity contribution in [3.05, 3.63) is 65.9 Å². The Balaban J connectivity index is 1.85. The van der Waals surface area contributed by atoms with Crippen LogP contribution in [0.5, 0.6) is 0 Å². The highest BCUT2D eigenvalue weighted by Gasteiger charge is 2.09. The molecular weight excluding hydrogens is 262 g/mol. The predicted octanol–water partition coefficient (Wildman–Crippen LogP) is 3.12. The van der Waals surface area contributed by atoms with Gasteiger partial charge in [0.2, 0.25) is 5.91 Å². The number of aryl methyl sites for hydroxylation is 1. The quantitative estimate of drug-likeness (QED) is 0.800. The van der Waals surface area contributed by atoms with Gasteiger partial charge >= 0.3 is 0 Å². The monoisotopic (exact) mass is 277 g/mol. The van der Waals surface area contributed by atoms with Crippen LogP contribution in [-0.4, -0.2) is 16.1 Å². The molecule has 4 nitrogen and oxygen atoms in total. The molecule has 3 rings (SSSR count). The van der Waals surface area contributed by atoms with Gasteiger partial charge in [0.1, 0.15) is 0 Å². The van der Waals surface area contributed by atoms with Crippen molar-refractivity contribution in [2.24, 2.45) is 0 Å². The zero-order valence-electron chi connectivity index (χ0n) is 11.7. The van der Waals surface area contributed by atoms with E-state index in [1.54, 1.807) is 6.20 Å². The van der Waals surface area contributed by atoms with Gasteiger partial charge in [-0.25, -0.2) is 0 Å². The normalized spacial score (nSPS) is 10.5. The van der Waals surface area contributed by atoms with Gasteiger partial charge in [-0.05, 0) is 18.1 Å². The van der Waals surface area contributed by atoms with Crippen LogP contribution in [0.2, 0.25) is 0 Å². The molecule has 0 saturated heterocycles. The first-order valence-corrected chi connectivity index (χ1v) is 6.79. The Bertz CT molecular complexity index is 784. The summed E-state index contributed by atoms with van der Waals surface area (Å²) in [5, 5.41) is 12.8. The number of amides is 1. The fourth-order valence-electron chi connectivity index (χ4n) is 2.31. The molecule has 0 unspecified atom stereocenters. The fraction of sp³-hybridized carbons (Fsp3) is 0.118. The number of hydrogen-bond acceptors (Lipinski definition) is 3. The van der Waals surface area contributed by atoms with Gasteiger partial charge in [0.05, 0.1) is 12.6 Å². The van der Waals surface area contributed by atoms with Gasteiger partial charge in [0.25, 0.3) is 0 Å². The van der Waals surface area contributed by atoms with E-state index in [0.29, 0.717) is 12.2 Å². The van der Waals surface area contributed by atoms with E-state index in [2.05, 4.69) is 15.5 Å². The summed E-state index contributed by atoms with van der Waals surface area (Å²) >= 11 is 0. The molecule has 3 aromatic rings. The summed E-state index contributed by atoms with van der Waals surface area (Å²) in [4.78, 5) is 12.1. The highest BCUT2D eigenvalue weighted by molar-refractivity contribution is 6.01. The highest BCUT2D eigenvalue weighted by Crippen LogP contribution is 2.22. The summed E-state index contributed by atoms with van der Waals surface area (Å²) in [5.74, 6) is 0.418. The Morgan fingerprint density at radius 3 is 2.67 bits per heavy atom. The molecule has 0 aliphatic carbocycles. The van der Waals surface area contributed by atoms with Crippen molar-refractivity contribution in [3.8, 4) is 0 Å². The van der Waals surface area contributed by atoms with Gasteiger partial charge in [-0.15, -0.1) is 5.10 Å². The van der Waals surface area contributed by atoms with E-state index in [9.17, 15) is 4.79 Å². The van der Waals surface area contributed by atoms with Crippen molar-refractivity contribution in [3.63, 3.8) is 0 Å². The zero-order valence-corrected chi connectivity index (χ0v) is 11.7. The van der Waals surface area contributed by atoms with Gasteiger partial charge < -0.3 is 5.32 Å². The second-order valence-electron chi connectivity index (χ2n) is 4.94. The third kappa shape index (κ3) is 2.89. The lowest BCUT2D eigenvalue weighted by Crippen LogP contribution is -2.16. The number of anilines is 1. The molecule has 1 N–H and O–H groups in total. The molecule has 104 valence electrons. The summed E-state index contributed by atoms with van der Waals surface area (Å²) in [6.45, 7) is 2.01. The van der Waals surface area contributed by atoms with Gasteiger partial charge in [-0.2, -0.15) is 5.10 Å². The number of carbonyl (C=O) groups excluding carboxylic acids is 1. The predicted molar refractivity (Wildman–Crippen MR) is 83.1 cm³/mol. The number of carbonyl (C=O) groups is 1. The minimum atomic E-state index is -0.0930. The zero-order chi connectivity index (χ0) is 14.7. The van der Waals surface area contributed by atoms with Crippen LogP contribution >= 0.6 is 0 Å². The maximum Gasteiger partial charge on any atom is 0.230 e. The second-order valence-corrected chi connectivity index (χ2v) is 4.94.